The summed E-state index contributed by atoms with van der Waals surface area (Å²) in [6.07, 6.45) is 0. The number of carbonyl (C=O) groups is 2. The van der Waals surface area contributed by atoms with Gasteiger partial charge in [0.15, 0.2) is 5.75 Å². The molecule has 1 aliphatic heterocycles. The Hall–Kier alpha value is -2.82. The number of para-hydroxylation sites is 3. The van der Waals surface area contributed by atoms with E-state index in [1.807, 2.05) is 6.07 Å². The first-order chi connectivity index (χ1) is 11.3. The van der Waals surface area contributed by atoms with E-state index in [1.54, 1.807) is 63.2 Å². The highest BCUT2D eigenvalue weighted by atomic mass is 16.6. The highest BCUT2D eigenvalue weighted by Gasteiger charge is 2.30. The van der Waals surface area contributed by atoms with Gasteiger partial charge in [0.1, 0.15) is 17.9 Å². The number of amides is 1. The molecular weight excluding hydrogens is 306 g/mol. The van der Waals surface area contributed by atoms with E-state index in [0.29, 0.717) is 22.7 Å². The van der Waals surface area contributed by atoms with Gasteiger partial charge in [0.2, 0.25) is 0 Å². The minimum absolute atomic E-state index is 0.176. The maximum absolute atomic E-state index is 12.9. The lowest BCUT2D eigenvalue weighted by molar-refractivity contribution is -0.152. The molecule has 0 atom stereocenters. The van der Waals surface area contributed by atoms with E-state index in [2.05, 4.69) is 0 Å². The summed E-state index contributed by atoms with van der Waals surface area (Å²) in [5.74, 6) is 0.243. The van der Waals surface area contributed by atoms with Crippen molar-refractivity contribution >= 4 is 17.6 Å². The summed E-state index contributed by atoms with van der Waals surface area (Å²) in [5, 5.41) is 0. The van der Waals surface area contributed by atoms with Gasteiger partial charge in [0, 0.05) is 0 Å². The summed E-state index contributed by atoms with van der Waals surface area (Å²) in [4.78, 5) is 26.6. The standard InChI is InChI=1S/C19H19NO4/c1-19(2,3)24-17(21)12-20-14-9-5-7-11-16(14)23-15-10-6-4-8-13(15)18(20)22/h4-11H,12H2,1-3H3. The zero-order valence-electron chi connectivity index (χ0n) is 13.9. The van der Waals surface area contributed by atoms with E-state index < -0.39 is 11.6 Å². The summed E-state index contributed by atoms with van der Waals surface area (Å²) >= 11 is 0. The smallest absolute Gasteiger partial charge is 0.326 e. The van der Waals surface area contributed by atoms with Crippen molar-refractivity contribution in [3.05, 3.63) is 54.1 Å². The molecule has 124 valence electrons. The molecule has 3 rings (SSSR count). The maximum Gasteiger partial charge on any atom is 0.326 e. The van der Waals surface area contributed by atoms with E-state index in [4.69, 9.17) is 9.47 Å². The average Bonchev–Trinajstić information content (AvgIpc) is 2.62. The molecule has 2 aromatic carbocycles. The Morgan fingerprint density at radius 3 is 2.38 bits per heavy atom. The van der Waals surface area contributed by atoms with Gasteiger partial charge in [0.05, 0.1) is 11.3 Å². The van der Waals surface area contributed by atoms with Crippen LogP contribution in [0.1, 0.15) is 31.1 Å². The Kier molecular flexibility index (Phi) is 4.01. The molecule has 0 fully saturated rings. The van der Waals surface area contributed by atoms with Crippen LogP contribution in [0.25, 0.3) is 0 Å². The molecule has 0 aromatic heterocycles. The summed E-state index contributed by atoms with van der Waals surface area (Å²) in [5.41, 5.74) is 0.349. The largest absolute Gasteiger partial charge is 0.459 e. The molecule has 0 radical (unpaired) electrons. The fourth-order valence-corrected chi connectivity index (χ4v) is 2.53. The number of fused-ring (bicyclic) bond motifs is 2. The number of rotatable bonds is 2. The Morgan fingerprint density at radius 2 is 1.67 bits per heavy atom. The van der Waals surface area contributed by atoms with Gasteiger partial charge in [-0.05, 0) is 45.0 Å². The number of benzene rings is 2. The van der Waals surface area contributed by atoms with Gasteiger partial charge in [0.25, 0.3) is 5.91 Å². The van der Waals surface area contributed by atoms with Crippen molar-refractivity contribution in [3.8, 4) is 11.5 Å². The molecular formula is C19H19NO4. The third kappa shape index (κ3) is 3.25. The maximum atomic E-state index is 12.9. The second-order valence-corrected chi connectivity index (χ2v) is 6.54. The molecule has 0 N–H and O–H groups in total. The summed E-state index contributed by atoms with van der Waals surface area (Å²) in [7, 11) is 0. The third-order valence-corrected chi connectivity index (χ3v) is 3.45. The predicted molar refractivity (Wildman–Crippen MR) is 90.5 cm³/mol. The molecule has 0 saturated heterocycles. The van der Waals surface area contributed by atoms with E-state index in [-0.39, 0.29) is 12.5 Å². The van der Waals surface area contributed by atoms with E-state index >= 15 is 0 Å². The Balaban J connectivity index is 2.00. The minimum atomic E-state index is -0.611. The van der Waals surface area contributed by atoms with Crippen molar-refractivity contribution < 1.29 is 19.1 Å². The van der Waals surface area contributed by atoms with Gasteiger partial charge in [-0.1, -0.05) is 24.3 Å². The van der Waals surface area contributed by atoms with Gasteiger partial charge < -0.3 is 9.47 Å². The molecule has 1 heterocycles. The number of hydrogen-bond acceptors (Lipinski definition) is 4. The van der Waals surface area contributed by atoms with Crippen molar-refractivity contribution in [2.75, 3.05) is 11.4 Å². The topological polar surface area (TPSA) is 55.8 Å². The normalized spacial score (nSPS) is 13.5. The molecule has 1 aliphatic rings. The second kappa shape index (κ2) is 6.00. The van der Waals surface area contributed by atoms with Crippen LogP contribution in [-0.4, -0.2) is 24.0 Å². The number of carbonyl (C=O) groups excluding carboxylic acids is 2. The first kappa shape index (κ1) is 16.1. The zero-order chi connectivity index (χ0) is 17.3. The van der Waals surface area contributed by atoms with Crippen LogP contribution in [0, 0.1) is 0 Å². The average molecular weight is 325 g/mol. The highest BCUT2D eigenvalue weighted by molar-refractivity contribution is 6.11. The van der Waals surface area contributed by atoms with Crippen LogP contribution in [0.4, 0.5) is 5.69 Å². The number of ether oxygens (including phenoxy) is 2. The van der Waals surface area contributed by atoms with Crippen LogP contribution in [0.15, 0.2) is 48.5 Å². The molecule has 2 aromatic rings. The van der Waals surface area contributed by atoms with Gasteiger partial charge in [-0.15, -0.1) is 0 Å². The van der Waals surface area contributed by atoms with E-state index in [9.17, 15) is 9.59 Å². The van der Waals surface area contributed by atoms with Crippen LogP contribution in [0.5, 0.6) is 11.5 Å². The quantitative estimate of drug-likeness (QED) is 0.789. The van der Waals surface area contributed by atoms with E-state index in [0.717, 1.165) is 0 Å². The van der Waals surface area contributed by atoms with Crippen molar-refractivity contribution in [3.63, 3.8) is 0 Å². The molecule has 5 heteroatoms. The van der Waals surface area contributed by atoms with Gasteiger partial charge in [-0.3, -0.25) is 14.5 Å². The molecule has 0 saturated carbocycles. The van der Waals surface area contributed by atoms with E-state index in [1.165, 1.54) is 4.90 Å². The minimum Gasteiger partial charge on any atom is -0.459 e. The Labute approximate surface area is 140 Å². The van der Waals surface area contributed by atoms with Crippen LogP contribution in [0.2, 0.25) is 0 Å². The lowest BCUT2D eigenvalue weighted by Gasteiger charge is -2.24. The lowest BCUT2D eigenvalue weighted by Crippen LogP contribution is -2.38. The highest BCUT2D eigenvalue weighted by Crippen LogP contribution is 2.38. The number of hydrogen-bond donors (Lipinski definition) is 0. The summed E-state index contributed by atoms with van der Waals surface area (Å²) in [6.45, 7) is 5.20. The van der Waals surface area contributed by atoms with Crippen molar-refractivity contribution in [2.24, 2.45) is 0 Å². The molecule has 1 amide bonds. The van der Waals surface area contributed by atoms with Crippen LogP contribution < -0.4 is 9.64 Å². The number of esters is 1. The number of anilines is 1. The summed E-state index contributed by atoms with van der Waals surface area (Å²) in [6, 6.07) is 14.1. The fourth-order valence-electron chi connectivity index (χ4n) is 2.53. The number of nitrogens with zero attached hydrogens (tertiary/aromatic N) is 1. The van der Waals surface area contributed by atoms with Gasteiger partial charge in [-0.2, -0.15) is 0 Å². The third-order valence-electron chi connectivity index (χ3n) is 3.45. The lowest BCUT2D eigenvalue weighted by atomic mass is 10.1. The van der Waals surface area contributed by atoms with Crippen LogP contribution >= 0.6 is 0 Å². The first-order valence-corrected chi connectivity index (χ1v) is 7.75. The molecule has 0 aliphatic carbocycles. The summed E-state index contributed by atoms with van der Waals surface area (Å²) < 4.78 is 11.2. The molecule has 5 nitrogen and oxygen atoms in total. The predicted octanol–water partition coefficient (Wildman–Crippen LogP) is 3.78. The van der Waals surface area contributed by atoms with Crippen molar-refractivity contribution in [1.29, 1.82) is 0 Å². The van der Waals surface area contributed by atoms with Gasteiger partial charge >= 0.3 is 5.97 Å². The fraction of sp³-hybridized carbons (Fsp3) is 0.263. The molecule has 0 bridgehead atoms. The first-order valence-electron chi connectivity index (χ1n) is 7.75. The Morgan fingerprint density at radius 1 is 1.04 bits per heavy atom. The molecule has 24 heavy (non-hydrogen) atoms. The van der Waals surface area contributed by atoms with Crippen molar-refractivity contribution in [2.45, 2.75) is 26.4 Å². The molecule has 0 spiro atoms. The molecule has 0 unspecified atom stereocenters. The van der Waals surface area contributed by atoms with Gasteiger partial charge in [-0.25, -0.2) is 0 Å². The zero-order valence-corrected chi connectivity index (χ0v) is 13.9. The SMILES string of the molecule is CC(C)(C)OC(=O)CN1C(=O)c2ccccc2Oc2ccccc21. The van der Waals surface area contributed by atoms with Crippen molar-refractivity contribution in [1.82, 2.24) is 0 Å². The monoisotopic (exact) mass is 325 g/mol. The Bertz CT molecular complexity index is 792. The van der Waals surface area contributed by atoms with Crippen LogP contribution in [0.3, 0.4) is 0 Å². The van der Waals surface area contributed by atoms with Crippen LogP contribution in [-0.2, 0) is 9.53 Å². The second-order valence-electron chi connectivity index (χ2n) is 6.54.